The van der Waals surface area contributed by atoms with E-state index in [2.05, 4.69) is 14.6 Å². The van der Waals surface area contributed by atoms with Crippen molar-refractivity contribution in [3.63, 3.8) is 0 Å². The number of alkyl halides is 3. The number of benzene rings is 1. The molecule has 1 aromatic carbocycles. The number of piperidine rings is 1. The second-order valence-corrected chi connectivity index (χ2v) is 6.81. The molecule has 0 N–H and O–H groups in total. The average molecular weight is 391 g/mol. The predicted octanol–water partition coefficient (Wildman–Crippen LogP) is 4.28. The van der Waals surface area contributed by atoms with E-state index in [1.54, 1.807) is 0 Å². The van der Waals surface area contributed by atoms with E-state index in [0.717, 1.165) is 43.8 Å². The molecule has 28 heavy (non-hydrogen) atoms. The molecule has 0 atom stereocenters. The Labute approximate surface area is 160 Å². The first kappa shape index (κ1) is 18.6. The first-order valence-corrected chi connectivity index (χ1v) is 9.12. The number of ether oxygens (including phenoxy) is 2. The predicted molar refractivity (Wildman–Crippen MR) is 97.2 cm³/mol. The van der Waals surface area contributed by atoms with Gasteiger partial charge in [-0.1, -0.05) is 6.07 Å². The molecule has 148 valence electrons. The number of aromatic nitrogens is 2. The van der Waals surface area contributed by atoms with E-state index in [1.165, 1.54) is 24.3 Å². The molecule has 1 aliphatic heterocycles. The smallest absolute Gasteiger partial charge is 0.490 e. The third kappa shape index (κ3) is 4.75. The quantitative estimate of drug-likeness (QED) is 0.651. The number of pyridine rings is 1. The van der Waals surface area contributed by atoms with Gasteiger partial charge in [0.05, 0.1) is 5.69 Å². The zero-order valence-electron chi connectivity index (χ0n) is 15.1. The number of hydrogen-bond donors (Lipinski definition) is 0. The van der Waals surface area contributed by atoms with E-state index in [4.69, 9.17) is 4.74 Å². The largest absolute Gasteiger partial charge is 0.573 e. The van der Waals surface area contributed by atoms with Gasteiger partial charge in [0, 0.05) is 32.0 Å². The van der Waals surface area contributed by atoms with Crippen LogP contribution in [-0.4, -0.2) is 39.8 Å². The maximum atomic E-state index is 12.2. The number of imidazole rings is 1. The van der Waals surface area contributed by atoms with E-state index in [0.29, 0.717) is 5.75 Å². The van der Waals surface area contributed by atoms with E-state index >= 15 is 0 Å². The maximum absolute atomic E-state index is 12.2. The lowest BCUT2D eigenvalue weighted by molar-refractivity contribution is -0.274. The molecule has 0 saturated carbocycles. The average Bonchev–Trinajstić information content (AvgIpc) is 3.06. The molecule has 0 unspecified atom stereocenters. The third-order valence-electron chi connectivity index (χ3n) is 4.69. The minimum Gasteiger partial charge on any atom is -0.490 e. The highest BCUT2D eigenvalue weighted by molar-refractivity contribution is 5.39. The topological polar surface area (TPSA) is 39.0 Å². The molecular formula is C20H20F3N3O2. The number of likely N-dealkylation sites (tertiary alicyclic amines) is 1. The van der Waals surface area contributed by atoms with Gasteiger partial charge in [0.25, 0.3) is 0 Å². The molecule has 1 fully saturated rings. The van der Waals surface area contributed by atoms with Crippen LogP contribution in [0.5, 0.6) is 11.5 Å². The highest BCUT2D eigenvalue weighted by Gasteiger charge is 2.31. The van der Waals surface area contributed by atoms with Crippen LogP contribution in [-0.2, 0) is 6.54 Å². The fourth-order valence-corrected chi connectivity index (χ4v) is 3.39. The van der Waals surface area contributed by atoms with Crippen molar-refractivity contribution in [3.8, 4) is 11.5 Å². The SMILES string of the molecule is FC(F)(F)Oc1ccc(OC2CCN(Cc3cn4ccccc4n3)CC2)cc1. The van der Waals surface area contributed by atoms with Gasteiger partial charge in [-0.2, -0.15) is 0 Å². The number of hydrogen-bond acceptors (Lipinski definition) is 4. The van der Waals surface area contributed by atoms with E-state index in [-0.39, 0.29) is 11.9 Å². The van der Waals surface area contributed by atoms with Crippen molar-refractivity contribution >= 4 is 5.65 Å². The number of nitrogens with zero attached hydrogens (tertiary/aromatic N) is 3. The van der Waals surface area contributed by atoms with Gasteiger partial charge < -0.3 is 13.9 Å². The third-order valence-corrected chi connectivity index (χ3v) is 4.69. The second-order valence-electron chi connectivity index (χ2n) is 6.81. The fourth-order valence-electron chi connectivity index (χ4n) is 3.39. The van der Waals surface area contributed by atoms with Crippen LogP contribution < -0.4 is 9.47 Å². The first-order chi connectivity index (χ1) is 13.4. The molecule has 4 rings (SSSR count). The van der Waals surface area contributed by atoms with Crippen LogP contribution in [0.4, 0.5) is 13.2 Å². The maximum Gasteiger partial charge on any atom is 0.573 e. The summed E-state index contributed by atoms with van der Waals surface area (Å²) < 4.78 is 48.4. The molecule has 3 heterocycles. The molecule has 0 radical (unpaired) electrons. The number of rotatable bonds is 5. The summed E-state index contributed by atoms with van der Waals surface area (Å²) in [5.74, 6) is 0.301. The Kier molecular flexibility index (Phi) is 5.13. The van der Waals surface area contributed by atoms with Crippen LogP contribution in [0.15, 0.2) is 54.9 Å². The van der Waals surface area contributed by atoms with Gasteiger partial charge >= 0.3 is 6.36 Å². The van der Waals surface area contributed by atoms with Gasteiger partial charge in [-0.15, -0.1) is 13.2 Å². The molecule has 0 spiro atoms. The molecule has 0 aliphatic carbocycles. The molecule has 0 bridgehead atoms. The van der Waals surface area contributed by atoms with E-state index in [9.17, 15) is 13.2 Å². The van der Waals surface area contributed by atoms with Gasteiger partial charge in [0.15, 0.2) is 0 Å². The standard InChI is InChI=1S/C20H20F3N3O2/c21-20(22,23)28-18-6-4-16(5-7-18)27-17-8-11-25(12-9-17)13-15-14-26-10-2-1-3-19(26)24-15/h1-7,10,14,17H,8-9,11-13H2. The van der Waals surface area contributed by atoms with E-state index < -0.39 is 6.36 Å². The first-order valence-electron chi connectivity index (χ1n) is 9.12. The Morgan fingerprint density at radius 1 is 1.00 bits per heavy atom. The lowest BCUT2D eigenvalue weighted by atomic mass is 10.1. The summed E-state index contributed by atoms with van der Waals surface area (Å²) in [5, 5.41) is 0. The van der Waals surface area contributed by atoms with Crippen molar-refractivity contribution in [2.24, 2.45) is 0 Å². The minimum atomic E-state index is -4.68. The van der Waals surface area contributed by atoms with Crippen LogP contribution in [0.25, 0.3) is 5.65 Å². The fraction of sp³-hybridized carbons (Fsp3) is 0.350. The zero-order valence-corrected chi connectivity index (χ0v) is 15.1. The van der Waals surface area contributed by atoms with Crippen molar-refractivity contribution in [1.82, 2.24) is 14.3 Å². The van der Waals surface area contributed by atoms with Crippen LogP contribution in [0, 0.1) is 0 Å². The molecule has 1 aliphatic rings. The monoisotopic (exact) mass is 391 g/mol. The Morgan fingerprint density at radius 3 is 2.39 bits per heavy atom. The lowest BCUT2D eigenvalue weighted by Crippen LogP contribution is -2.37. The Bertz CT molecular complexity index is 883. The number of fused-ring (bicyclic) bond motifs is 1. The van der Waals surface area contributed by atoms with E-state index in [1.807, 2.05) is 35.0 Å². The van der Waals surface area contributed by atoms with Gasteiger partial charge in [-0.25, -0.2) is 4.98 Å². The van der Waals surface area contributed by atoms with Crippen LogP contribution >= 0.6 is 0 Å². The minimum absolute atomic E-state index is 0.0479. The van der Waals surface area contributed by atoms with Crippen LogP contribution in [0.2, 0.25) is 0 Å². The van der Waals surface area contributed by atoms with Gasteiger partial charge in [-0.3, -0.25) is 4.90 Å². The molecule has 2 aromatic heterocycles. The second kappa shape index (κ2) is 7.71. The van der Waals surface area contributed by atoms with Gasteiger partial charge in [0.1, 0.15) is 23.3 Å². The molecule has 8 heteroatoms. The summed E-state index contributed by atoms with van der Waals surface area (Å²) in [6.45, 7) is 2.56. The molecule has 1 saturated heterocycles. The Hall–Kier alpha value is -2.74. The summed E-state index contributed by atoms with van der Waals surface area (Å²) in [7, 11) is 0. The molecule has 3 aromatic rings. The molecular weight excluding hydrogens is 371 g/mol. The molecule has 0 amide bonds. The van der Waals surface area contributed by atoms with Crippen molar-refractivity contribution < 1.29 is 22.6 Å². The van der Waals surface area contributed by atoms with Crippen molar-refractivity contribution in [3.05, 3.63) is 60.6 Å². The lowest BCUT2D eigenvalue weighted by Gasteiger charge is -2.31. The van der Waals surface area contributed by atoms with Crippen molar-refractivity contribution in [1.29, 1.82) is 0 Å². The molecule has 5 nitrogen and oxygen atoms in total. The normalized spacial score (nSPS) is 16.4. The summed E-state index contributed by atoms with van der Waals surface area (Å²) in [6, 6.07) is 11.5. The van der Waals surface area contributed by atoms with Crippen LogP contribution in [0.1, 0.15) is 18.5 Å². The Morgan fingerprint density at radius 2 is 1.71 bits per heavy atom. The van der Waals surface area contributed by atoms with Crippen molar-refractivity contribution in [2.75, 3.05) is 13.1 Å². The van der Waals surface area contributed by atoms with Gasteiger partial charge in [0.2, 0.25) is 0 Å². The summed E-state index contributed by atoms with van der Waals surface area (Å²) in [4.78, 5) is 6.96. The van der Waals surface area contributed by atoms with Crippen LogP contribution in [0.3, 0.4) is 0 Å². The Balaban J connectivity index is 1.27. The van der Waals surface area contributed by atoms with Gasteiger partial charge in [-0.05, 0) is 49.2 Å². The highest BCUT2D eigenvalue weighted by Crippen LogP contribution is 2.26. The summed E-state index contributed by atoms with van der Waals surface area (Å²) in [6.07, 6.45) is 1.10. The summed E-state index contributed by atoms with van der Waals surface area (Å²) in [5.41, 5.74) is 1.97. The van der Waals surface area contributed by atoms with Crippen molar-refractivity contribution in [2.45, 2.75) is 31.9 Å². The highest BCUT2D eigenvalue weighted by atomic mass is 19.4. The summed E-state index contributed by atoms with van der Waals surface area (Å²) >= 11 is 0. The zero-order chi connectivity index (χ0) is 19.6. The number of halogens is 3.